The highest BCUT2D eigenvalue weighted by atomic mass is 35.5. The quantitative estimate of drug-likeness (QED) is 0.213. The summed E-state index contributed by atoms with van der Waals surface area (Å²) in [4.78, 5) is 17.4. The minimum Gasteiger partial charge on any atom is -0.396 e. The number of aliphatic hydroxyl groups is 1. The maximum absolute atomic E-state index is 11.6. The van der Waals surface area contributed by atoms with Gasteiger partial charge >= 0.3 is 0 Å². The Bertz CT molecular complexity index is 818. The fraction of sp³-hybridized carbons (Fsp3) is 0.333. The van der Waals surface area contributed by atoms with Crippen molar-refractivity contribution in [3.8, 4) is 0 Å². The Hall–Kier alpha value is -2.91. The van der Waals surface area contributed by atoms with Crippen molar-refractivity contribution in [2.24, 2.45) is 27.9 Å². The molecule has 0 radical (unpaired) electrons. The normalized spacial score (nSPS) is 16.2. The molecule has 0 aliphatic carbocycles. The number of aliphatic imine (C=N–C) groups is 1. The summed E-state index contributed by atoms with van der Waals surface area (Å²) in [5.74, 6) is -0.875. The molecule has 10 heteroatoms. The first-order valence-electron chi connectivity index (χ1n) is 8.85. The van der Waals surface area contributed by atoms with Crippen molar-refractivity contribution in [3.05, 3.63) is 57.9 Å². The Labute approximate surface area is 168 Å². The Balaban J connectivity index is 2.40. The average Bonchev–Trinajstić information content (AvgIpc) is 2.65. The van der Waals surface area contributed by atoms with E-state index in [1.165, 1.54) is 4.90 Å². The molecule has 10 N–H and O–H groups in total. The highest BCUT2D eigenvalue weighted by molar-refractivity contribution is 6.30. The van der Waals surface area contributed by atoms with Crippen LogP contribution in [0.4, 0.5) is 0 Å². The van der Waals surface area contributed by atoms with Crippen LogP contribution in [0.1, 0.15) is 36.9 Å². The van der Waals surface area contributed by atoms with Gasteiger partial charge in [0.25, 0.3) is 5.91 Å². The van der Waals surface area contributed by atoms with Gasteiger partial charge in [-0.1, -0.05) is 49.2 Å². The predicted molar refractivity (Wildman–Crippen MR) is 109 cm³/mol. The Kier molecular flexibility index (Phi) is 7.13. The van der Waals surface area contributed by atoms with Crippen LogP contribution in [0.15, 0.2) is 51.8 Å². The molecular formula is C18H26ClN7O2. The van der Waals surface area contributed by atoms with E-state index in [1.54, 1.807) is 0 Å². The van der Waals surface area contributed by atoms with Crippen molar-refractivity contribution >= 4 is 23.5 Å². The SMILES string of the molecule is CCCC(N=C(N)N1C(N)=C(Cl)NC(C(N)=O)=C1N)c1ccc(CCO)cc1. The third-order valence-corrected chi connectivity index (χ3v) is 4.58. The number of benzene rings is 1. The number of carbonyl (C=O) groups is 1. The summed E-state index contributed by atoms with van der Waals surface area (Å²) < 4.78 is 0. The molecule has 9 nitrogen and oxygen atoms in total. The molecule has 0 aromatic heterocycles. The molecule has 0 saturated carbocycles. The van der Waals surface area contributed by atoms with Gasteiger partial charge < -0.3 is 33.4 Å². The predicted octanol–water partition coefficient (Wildman–Crippen LogP) is 0.220. The van der Waals surface area contributed by atoms with Crippen LogP contribution in [0, 0.1) is 0 Å². The Morgan fingerprint density at radius 1 is 1.25 bits per heavy atom. The van der Waals surface area contributed by atoms with Gasteiger partial charge in [0.05, 0.1) is 6.04 Å². The van der Waals surface area contributed by atoms with E-state index in [9.17, 15) is 4.79 Å². The number of nitrogens with zero attached hydrogens (tertiary/aromatic N) is 2. The molecule has 152 valence electrons. The number of rotatable bonds is 7. The molecule has 0 spiro atoms. The summed E-state index contributed by atoms with van der Waals surface area (Å²) in [6.07, 6.45) is 2.18. The molecule has 1 aromatic carbocycles. The van der Waals surface area contributed by atoms with E-state index in [4.69, 9.17) is 39.6 Å². The second-order valence-electron chi connectivity index (χ2n) is 6.29. The first-order chi connectivity index (χ1) is 13.3. The number of amides is 1. The van der Waals surface area contributed by atoms with E-state index >= 15 is 0 Å². The molecule has 1 heterocycles. The van der Waals surface area contributed by atoms with Gasteiger partial charge in [0.15, 0.2) is 0 Å². The number of hydrogen-bond donors (Lipinski definition) is 6. The van der Waals surface area contributed by atoms with E-state index < -0.39 is 5.91 Å². The van der Waals surface area contributed by atoms with E-state index in [-0.39, 0.29) is 41.1 Å². The van der Waals surface area contributed by atoms with Crippen LogP contribution in [0.3, 0.4) is 0 Å². The van der Waals surface area contributed by atoms with Crippen LogP contribution in [0.25, 0.3) is 0 Å². The molecule has 28 heavy (non-hydrogen) atoms. The van der Waals surface area contributed by atoms with Crippen LogP contribution in [-0.4, -0.2) is 28.5 Å². The van der Waals surface area contributed by atoms with Crippen molar-refractivity contribution < 1.29 is 9.90 Å². The van der Waals surface area contributed by atoms with Crippen molar-refractivity contribution in [2.75, 3.05) is 6.61 Å². The monoisotopic (exact) mass is 407 g/mol. The maximum Gasteiger partial charge on any atom is 0.268 e. The van der Waals surface area contributed by atoms with Crippen LogP contribution in [-0.2, 0) is 11.2 Å². The second-order valence-corrected chi connectivity index (χ2v) is 6.67. The van der Waals surface area contributed by atoms with Crippen molar-refractivity contribution in [1.29, 1.82) is 0 Å². The number of nitrogens with two attached hydrogens (primary N) is 4. The lowest BCUT2D eigenvalue weighted by Gasteiger charge is -2.31. The number of carbonyl (C=O) groups excluding carboxylic acids is 1. The fourth-order valence-corrected chi connectivity index (χ4v) is 3.02. The third-order valence-electron chi connectivity index (χ3n) is 4.29. The summed E-state index contributed by atoms with van der Waals surface area (Å²) in [6, 6.07) is 7.52. The van der Waals surface area contributed by atoms with Crippen LogP contribution in [0.2, 0.25) is 0 Å². The van der Waals surface area contributed by atoms with E-state index in [0.29, 0.717) is 6.42 Å². The largest absolute Gasteiger partial charge is 0.396 e. The smallest absolute Gasteiger partial charge is 0.268 e. The molecule has 1 amide bonds. The zero-order chi connectivity index (χ0) is 20.8. The first kappa shape index (κ1) is 21.4. The number of primary amides is 1. The highest BCUT2D eigenvalue weighted by Crippen LogP contribution is 2.26. The Morgan fingerprint density at radius 3 is 2.43 bits per heavy atom. The van der Waals surface area contributed by atoms with E-state index in [1.807, 2.05) is 31.2 Å². The summed E-state index contributed by atoms with van der Waals surface area (Å²) in [5.41, 5.74) is 25.3. The van der Waals surface area contributed by atoms with Crippen molar-refractivity contribution in [3.63, 3.8) is 0 Å². The lowest BCUT2D eigenvalue weighted by Crippen LogP contribution is -2.49. The topological polar surface area (TPSA) is 169 Å². The number of nitrogens with one attached hydrogen (secondary N) is 1. The zero-order valence-corrected chi connectivity index (χ0v) is 16.4. The number of halogens is 1. The molecular weight excluding hydrogens is 382 g/mol. The Morgan fingerprint density at radius 2 is 1.89 bits per heavy atom. The summed E-state index contributed by atoms with van der Waals surface area (Å²) in [5, 5.41) is 11.6. The maximum atomic E-state index is 11.6. The summed E-state index contributed by atoms with van der Waals surface area (Å²) in [6.45, 7) is 2.13. The average molecular weight is 408 g/mol. The molecule has 1 aliphatic rings. The van der Waals surface area contributed by atoms with Gasteiger partial charge in [0.1, 0.15) is 22.5 Å². The third kappa shape index (κ3) is 4.68. The minimum atomic E-state index is -0.800. The molecule has 0 fully saturated rings. The number of guanidine groups is 1. The molecule has 1 atom stereocenters. The molecule has 1 unspecified atom stereocenters. The van der Waals surface area contributed by atoms with Crippen LogP contribution in [0.5, 0.6) is 0 Å². The highest BCUT2D eigenvalue weighted by Gasteiger charge is 2.29. The molecule has 2 rings (SSSR count). The summed E-state index contributed by atoms with van der Waals surface area (Å²) in [7, 11) is 0. The van der Waals surface area contributed by atoms with Gasteiger partial charge in [-0.15, -0.1) is 0 Å². The van der Waals surface area contributed by atoms with Gasteiger partial charge in [-0.05, 0) is 24.0 Å². The molecule has 0 bridgehead atoms. The van der Waals surface area contributed by atoms with Crippen molar-refractivity contribution in [1.82, 2.24) is 10.2 Å². The lowest BCUT2D eigenvalue weighted by molar-refractivity contribution is -0.115. The first-order valence-corrected chi connectivity index (χ1v) is 9.22. The van der Waals surface area contributed by atoms with Gasteiger partial charge in [-0.3, -0.25) is 4.79 Å². The fourth-order valence-electron chi connectivity index (χ4n) is 2.84. The van der Waals surface area contributed by atoms with E-state index in [0.717, 1.165) is 24.0 Å². The lowest BCUT2D eigenvalue weighted by atomic mass is 10.0. The van der Waals surface area contributed by atoms with Crippen molar-refractivity contribution in [2.45, 2.75) is 32.2 Å². The van der Waals surface area contributed by atoms with Gasteiger partial charge in [-0.25, -0.2) is 9.89 Å². The van der Waals surface area contributed by atoms with Gasteiger partial charge in [-0.2, -0.15) is 0 Å². The van der Waals surface area contributed by atoms with Gasteiger partial charge in [0.2, 0.25) is 5.96 Å². The standard InChI is InChI=1S/C18H26ClN7O2/c1-2-3-12(11-6-4-10(5-7-11)8-9-27)24-18(23)26-15(20)13(17(22)28)25-14(19)16(26)21/h4-7,12,25,27H,2-3,8-9,20-21H2,1H3,(H2,22,28)(H2,23,24). The van der Waals surface area contributed by atoms with Crippen LogP contribution >= 0.6 is 11.6 Å². The molecule has 1 aromatic rings. The minimum absolute atomic E-state index is 0.00807. The molecule has 0 saturated heterocycles. The number of hydrogen-bond acceptors (Lipinski definition) is 6. The number of aliphatic hydroxyl groups excluding tert-OH is 1. The second kappa shape index (κ2) is 9.34. The van der Waals surface area contributed by atoms with Gasteiger partial charge in [0, 0.05) is 6.61 Å². The zero-order valence-electron chi connectivity index (χ0n) is 15.7. The van der Waals surface area contributed by atoms with E-state index in [2.05, 4.69) is 10.3 Å². The van der Waals surface area contributed by atoms with Crippen LogP contribution < -0.4 is 28.3 Å². The molecule has 1 aliphatic heterocycles. The summed E-state index contributed by atoms with van der Waals surface area (Å²) >= 11 is 6.05.